The van der Waals surface area contributed by atoms with Crippen molar-refractivity contribution in [2.75, 3.05) is 5.73 Å². The van der Waals surface area contributed by atoms with E-state index < -0.39 is 0 Å². The maximum Gasteiger partial charge on any atom is 0.0316 e. The number of nitrogen functional groups attached to an aromatic ring is 1. The van der Waals surface area contributed by atoms with Crippen LogP contribution in [0.25, 0.3) is 0 Å². The van der Waals surface area contributed by atoms with Crippen LogP contribution in [0, 0.1) is 5.92 Å². The van der Waals surface area contributed by atoms with Gasteiger partial charge in [-0.25, -0.2) is 0 Å². The van der Waals surface area contributed by atoms with Gasteiger partial charge in [0.05, 0.1) is 0 Å². The zero-order valence-corrected chi connectivity index (χ0v) is 10.4. The van der Waals surface area contributed by atoms with Crippen LogP contribution in [0.1, 0.15) is 51.2 Å². The second-order valence-electron chi connectivity index (χ2n) is 4.74. The molecule has 0 aliphatic rings. The van der Waals surface area contributed by atoms with Crippen molar-refractivity contribution in [3.05, 3.63) is 29.3 Å². The Bertz CT molecular complexity index is 315. The van der Waals surface area contributed by atoms with Gasteiger partial charge in [0.1, 0.15) is 0 Å². The predicted octanol–water partition coefficient (Wildman–Crippen LogP) is 3.98. The van der Waals surface area contributed by atoms with Gasteiger partial charge in [0.2, 0.25) is 0 Å². The predicted molar refractivity (Wildman–Crippen MR) is 68.1 cm³/mol. The van der Waals surface area contributed by atoms with E-state index in [2.05, 4.69) is 39.8 Å². The minimum Gasteiger partial charge on any atom is -0.399 e. The molecule has 0 aliphatic carbocycles. The molecule has 0 fully saturated rings. The summed E-state index contributed by atoms with van der Waals surface area (Å²) < 4.78 is 0. The summed E-state index contributed by atoms with van der Waals surface area (Å²) in [6.45, 7) is 9.07. The first-order valence-corrected chi connectivity index (χ1v) is 5.94. The number of anilines is 1. The maximum atomic E-state index is 5.83. The van der Waals surface area contributed by atoms with E-state index in [0.29, 0.717) is 11.8 Å². The van der Waals surface area contributed by atoms with E-state index in [1.807, 2.05) is 6.07 Å². The highest BCUT2D eigenvalue weighted by Crippen LogP contribution is 2.28. The van der Waals surface area contributed by atoms with Crippen molar-refractivity contribution in [2.24, 2.45) is 5.92 Å². The van der Waals surface area contributed by atoms with Crippen LogP contribution < -0.4 is 5.73 Å². The van der Waals surface area contributed by atoms with E-state index in [1.54, 1.807) is 0 Å². The van der Waals surface area contributed by atoms with Crippen LogP contribution in [0.2, 0.25) is 0 Å². The second-order valence-corrected chi connectivity index (χ2v) is 4.74. The van der Waals surface area contributed by atoms with Gasteiger partial charge < -0.3 is 5.73 Å². The molecule has 0 spiro atoms. The number of rotatable bonds is 4. The highest BCUT2D eigenvalue weighted by molar-refractivity contribution is 5.46. The monoisotopic (exact) mass is 205 g/mol. The summed E-state index contributed by atoms with van der Waals surface area (Å²) in [6.07, 6.45) is 2.32. The molecule has 1 aromatic rings. The smallest absolute Gasteiger partial charge is 0.0316 e. The zero-order valence-electron chi connectivity index (χ0n) is 10.4. The summed E-state index contributed by atoms with van der Waals surface area (Å²) in [6, 6.07) is 6.36. The molecule has 0 heterocycles. The van der Waals surface area contributed by atoms with Gasteiger partial charge in [-0.1, -0.05) is 40.2 Å². The van der Waals surface area contributed by atoms with Gasteiger partial charge in [0.25, 0.3) is 0 Å². The Hall–Kier alpha value is -0.980. The average molecular weight is 205 g/mol. The second kappa shape index (κ2) is 5.20. The standard InChI is InChI=1S/C14H23N/c1-5-6-12-9-13(15)7-8-14(12)11(4)10(2)3/h7-11H,5-6,15H2,1-4H3. The summed E-state index contributed by atoms with van der Waals surface area (Å²) in [5.41, 5.74) is 9.62. The van der Waals surface area contributed by atoms with Crippen molar-refractivity contribution in [1.82, 2.24) is 0 Å². The number of benzene rings is 1. The summed E-state index contributed by atoms with van der Waals surface area (Å²) in [5, 5.41) is 0. The summed E-state index contributed by atoms with van der Waals surface area (Å²) >= 11 is 0. The summed E-state index contributed by atoms with van der Waals surface area (Å²) in [4.78, 5) is 0. The fourth-order valence-electron chi connectivity index (χ4n) is 1.91. The molecule has 1 atom stereocenters. The summed E-state index contributed by atoms with van der Waals surface area (Å²) in [5.74, 6) is 1.30. The lowest BCUT2D eigenvalue weighted by molar-refractivity contribution is 0.531. The average Bonchev–Trinajstić information content (AvgIpc) is 2.17. The third-order valence-electron chi connectivity index (χ3n) is 3.18. The molecule has 0 aliphatic heterocycles. The topological polar surface area (TPSA) is 26.0 Å². The molecule has 1 nitrogen and oxygen atoms in total. The van der Waals surface area contributed by atoms with E-state index in [9.17, 15) is 0 Å². The van der Waals surface area contributed by atoms with Crippen molar-refractivity contribution < 1.29 is 0 Å². The van der Waals surface area contributed by atoms with Gasteiger partial charge in [-0.05, 0) is 41.5 Å². The van der Waals surface area contributed by atoms with Crippen molar-refractivity contribution in [1.29, 1.82) is 0 Å². The Labute approximate surface area is 93.7 Å². The fourth-order valence-corrected chi connectivity index (χ4v) is 1.91. The molecule has 0 saturated carbocycles. The molecule has 15 heavy (non-hydrogen) atoms. The van der Waals surface area contributed by atoms with Crippen molar-refractivity contribution in [3.63, 3.8) is 0 Å². The lowest BCUT2D eigenvalue weighted by Crippen LogP contribution is -2.06. The number of hydrogen-bond donors (Lipinski definition) is 1. The molecule has 1 unspecified atom stereocenters. The van der Waals surface area contributed by atoms with E-state index in [4.69, 9.17) is 5.73 Å². The molecule has 1 heteroatoms. The quantitative estimate of drug-likeness (QED) is 0.739. The Morgan fingerprint density at radius 2 is 1.87 bits per heavy atom. The van der Waals surface area contributed by atoms with Crippen LogP contribution in [0.15, 0.2) is 18.2 Å². The van der Waals surface area contributed by atoms with Gasteiger partial charge in [-0.3, -0.25) is 0 Å². The molecule has 0 bridgehead atoms. The van der Waals surface area contributed by atoms with E-state index >= 15 is 0 Å². The number of hydrogen-bond acceptors (Lipinski definition) is 1. The van der Waals surface area contributed by atoms with Crippen LogP contribution in [0.4, 0.5) is 5.69 Å². The minimum atomic E-state index is 0.618. The minimum absolute atomic E-state index is 0.618. The van der Waals surface area contributed by atoms with Gasteiger partial charge in [-0.15, -0.1) is 0 Å². The van der Waals surface area contributed by atoms with Crippen LogP contribution in [0.3, 0.4) is 0 Å². The first-order chi connectivity index (χ1) is 7.06. The molecule has 0 amide bonds. The molecular weight excluding hydrogens is 182 g/mol. The SMILES string of the molecule is CCCc1cc(N)ccc1C(C)C(C)C. The Morgan fingerprint density at radius 1 is 1.20 bits per heavy atom. The molecule has 1 aromatic carbocycles. The van der Waals surface area contributed by atoms with Gasteiger partial charge >= 0.3 is 0 Å². The first kappa shape index (κ1) is 12.1. The van der Waals surface area contributed by atoms with Crippen molar-refractivity contribution >= 4 is 5.69 Å². The molecule has 0 saturated heterocycles. The Balaban J connectivity index is 3.04. The summed E-state index contributed by atoms with van der Waals surface area (Å²) in [7, 11) is 0. The fraction of sp³-hybridized carbons (Fsp3) is 0.571. The number of aryl methyl sites for hydroxylation is 1. The molecular formula is C14H23N. The van der Waals surface area contributed by atoms with Crippen molar-refractivity contribution in [3.8, 4) is 0 Å². The van der Waals surface area contributed by atoms with E-state index in [0.717, 1.165) is 12.1 Å². The van der Waals surface area contributed by atoms with Crippen LogP contribution in [-0.4, -0.2) is 0 Å². The molecule has 0 radical (unpaired) electrons. The van der Waals surface area contributed by atoms with Crippen LogP contribution in [-0.2, 0) is 6.42 Å². The molecule has 84 valence electrons. The van der Waals surface area contributed by atoms with Crippen LogP contribution in [0.5, 0.6) is 0 Å². The first-order valence-electron chi connectivity index (χ1n) is 5.94. The van der Waals surface area contributed by atoms with E-state index in [1.165, 1.54) is 17.5 Å². The number of nitrogens with two attached hydrogens (primary N) is 1. The Morgan fingerprint density at radius 3 is 2.40 bits per heavy atom. The molecule has 0 aromatic heterocycles. The Kier molecular flexibility index (Phi) is 4.19. The largest absolute Gasteiger partial charge is 0.399 e. The van der Waals surface area contributed by atoms with Gasteiger partial charge in [0, 0.05) is 5.69 Å². The lowest BCUT2D eigenvalue weighted by atomic mass is 9.86. The molecule has 2 N–H and O–H groups in total. The van der Waals surface area contributed by atoms with Crippen LogP contribution >= 0.6 is 0 Å². The normalized spacial score (nSPS) is 13.1. The third-order valence-corrected chi connectivity index (χ3v) is 3.18. The van der Waals surface area contributed by atoms with Gasteiger partial charge in [-0.2, -0.15) is 0 Å². The van der Waals surface area contributed by atoms with E-state index in [-0.39, 0.29) is 0 Å². The lowest BCUT2D eigenvalue weighted by Gasteiger charge is -2.20. The zero-order chi connectivity index (χ0) is 11.4. The van der Waals surface area contributed by atoms with Crippen molar-refractivity contribution in [2.45, 2.75) is 46.5 Å². The highest BCUT2D eigenvalue weighted by atomic mass is 14.5. The molecule has 1 rings (SSSR count). The van der Waals surface area contributed by atoms with Gasteiger partial charge in [0.15, 0.2) is 0 Å². The highest BCUT2D eigenvalue weighted by Gasteiger charge is 2.13. The maximum absolute atomic E-state index is 5.83. The third kappa shape index (κ3) is 2.98.